The molecular formula is C10H19ClN2O. The maximum atomic E-state index is 11.2. The standard InChI is InChI=1S/C10H19ClN2O/c1-13(9-4-5-9)8-7-12-10(14)3-2-6-11/h9H,2-8H2,1H3,(H,12,14). The Balaban J connectivity index is 1.94. The zero-order valence-electron chi connectivity index (χ0n) is 8.76. The van der Waals surface area contributed by atoms with Crippen molar-refractivity contribution in [3.8, 4) is 0 Å². The van der Waals surface area contributed by atoms with Gasteiger partial charge in [-0.3, -0.25) is 4.79 Å². The molecule has 0 aromatic carbocycles. The molecule has 3 nitrogen and oxygen atoms in total. The van der Waals surface area contributed by atoms with E-state index in [0.717, 1.165) is 25.6 Å². The molecule has 1 amide bonds. The summed E-state index contributed by atoms with van der Waals surface area (Å²) >= 11 is 5.49. The Hall–Kier alpha value is -0.280. The van der Waals surface area contributed by atoms with Gasteiger partial charge >= 0.3 is 0 Å². The van der Waals surface area contributed by atoms with E-state index in [2.05, 4.69) is 17.3 Å². The minimum Gasteiger partial charge on any atom is -0.355 e. The highest BCUT2D eigenvalue weighted by Crippen LogP contribution is 2.24. The number of carbonyl (C=O) groups is 1. The number of rotatable bonds is 7. The van der Waals surface area contributed by atoms with Crippen molar-refractivity contribution in [2.24, 2.45) is 0 Å². The summed E-state index contributed by atoms with van der Waals surface area (Å²) in [6.07, 6.45) is 3.95. The number of amides is 1. The highest BCUT2D eigenvalue weighted by atomic mass is 35.5. The Kier molecular flexibility index (Phi) is 5.26. The lowest BCUT2D eigenvalue weighted by molar-refractivity contribution is -0.121. The first kappa shape index (κ1) is 11.8. The molecule has 0 radical (unpaired) electrons. The molecule has 0 spiro atoms. The minimum atomic E-state index is 0.120. The molecule has 0 unspecified atom stereocenters. The number of likely N-dealkylation sites (N-methyl/N-ethyl adjacent to an activating group) is 1. The van der Waals surface area contributed by atoms with Gasteiger partial charge in [0, 0.05) is 31.4 Å². The lowest BCUT2D eigenvalue weighted by Gasteiger charge is -2.15. The van der Waals surface area contributed by atoms with E-state index in [9.17, 15) is 4.79 Å². The van der Waals surface area contributed by atoms with Gasteiger partial charge in [-0.15, -0.1) is 11.6 Å². The van der Waals surface area contributed by atoms with Crippen molar-refractivity contribution < 1.29 is 4.79 Å². The zero-order chi connectivity index (χ0) is 10.4. The first-order valence-electron chi connectivity index (χ1n) is 5.27. The van der Waals surface area contributed by atoms with Gasteiger partial charge in [-0.05, 0) is 26.3 Å². The summed E-state index contributed by atoms with van der Waals surface area (Å²) in [6, 6.07) is 0.773. The molecule has 14 heavy (non-hydrogen) atoms. The number of hydrogen-bond acceptors (Lipinski definition) is 2. The van der Waals surface area contributed by atoms with Gasteiger partial charge in [-0.2, -0.15) is 0 Å². The van der Waals surface area contributed by atoms with Gasteiger partial charge in [-0.1, -0.05) is 0 Å². The third kappa shape index (κ3) is 4.82. The summed E-state index contributed by atoms with van der Waals surface area (Å²) in [5, 5.41) is 2.89. The van der Waals surface area contributed by atoms with E-state index < -0.39 is 0 Å². The van der Waals surface area contributed by atoms with E-state index in [4.69, 9.17) is 11.6 Å². The average molecular weight is 219 g/mol. The number of alkyl halides is 1. The molecule has 0 saturated heterocycles. The van der Waals surface area contributed by atoms with Crippen LogP contribution in [0.2, 0.25) is 0 Å². The van der Waals surface area contributed by atoms with Crippen LogP contribution in [0.4, 0.5) is 0 Å². The quantitative estimate of drug-likeness (QED) is 0.652. The number of carbonyl (C=O) groups excluding carboxylic acids is 1. The fraction of sp³-hybridized carbons (Fsp3) is 0.900. The van der Waals surface area contributed by atoms with E-state index in [1.54, 1.807) is 0 Å². The Bertz CT molecular complexity index is 183. The van der Waals surface area contributed by atoms with Gasteiger partial charge in [0.05, 0.1) is 0 Å². The molecule has 0 aliphatic heterocycles. The molecule has 0 atom stereocenters. The van der Waals surface area contributed by atoms with Gasteiger partial charge in [0.25, 0.3) is 0 Å². The van der Waals surface area contributed by atoms with Crippen LogP contribution in [0.5, 0.6) is 0 Å². The monoisotopic (exact) mass is 218 g/mol. The molecule has 1 aliphatic rings. The van der Waals surface area contributed by atoms with Gasteiger partial charge in [0.1, 0.15) is 0 Å². The van der Waals surface area contributed by atoms with Crippen LogP contribution >= 0.6 is 11.6 Å². The van der Waals surface area contributed by atoms with E-state index in [1.165, 1.54) is 12.8 Å². The molecule has 4 heteroatoms. The van der Waals surface area contributed by atoms with E-state index in [-0.39, 0.29) is 5.91 Å². The van der Waals surface area contributed by atoms with Crippen molar-refractivity contribution in [1.82, 2.24) is 10.2 Å². The van der Waals surface area contributed by atoms with Crippen LogP contribution < -0.4 is 5.32 Å². The topological polar surface area (TPSA) is 32.3 Å². The van der Waals surface area contributed by atoms with Crippen molar-refractivity contribution in [2.45, 2.75) is 31.7 Å². The molecule has 1 saturated carbocycles. The van der Waals surface area contributed by atoms with Crippen molar-refractivity contribution in [3.63, 3.8) is 0 Å². The van der Waals surface area contributed by atoms with Gasteiger partial charge in [0.2, 0.25) is 5.91 Å². The van der Waals surface area contributed by atoms with Crippen molar-refractivity contribution in [2.75, 3.05) is 26.0 Å². The average Bonchev–Trinajstić information content (AvgIpc) is 2.97. The van der Waals surface area contributed by atoms with E-state index in [1.807, 2.05) is 0 Å². The van der Waals surface area contributed by atoms with Gasteiger partial charge in [0.15, 0.2) is 0 Å². The Morgan fingerprint density at radius 1 is 1.57 bits per heavy atom. The number of nitrogens with one attached hydrogen (secondary N) is 1. The highest BCUT2D eigenvalue weighted by molar-refractivity contribution is 6.17. The SMILES string of the molecule is CN(CCNC(=O)CCCCl)C1CC1. The molecule has 0 aromatic heterocycles. The number of halogens is 1. The van der Waals surface area contributed by atoms with Crippen molar-refractivity contribution in [3.05, 3.63) is 0 Å². The van der Waals surface area contributed by atoms with Crippen LogP contribution in [0.15, 0.2) is 0 Å². The molecule has 1 rings (SSSR count). The van der Waals surface area contributed by atoms with E-state index in [0.29, 0.717) is 12.3 Å². The van der Waals surface area contributed by atoms with Crippen LogP contribution in [0.25, 0.3) is 0 Å². The first-order chi connectivity index (χ1) is 6.74. The summed E-state index contributed by atoms with van der Waals surface area (Å²) in [5.41, 5.74) is 0. The Morgan fingerprint density at radius 3 is 2.86 bits per heavy atom. The summed E-state index contributed by atoms with van der Waals surface area (Å²) in [6.45, 7) is 1.71. The van der Waals surface area contributed by atoms with E-state index >= 15 is 0 Å². The normalized spacial score (nSPS) is 15.9. The summed E-state index contributed by atoms with van der Waals surface area (Å²) in [5.74, 6) is 0.685. The van der Waals surface area contributed by atoms with Crippen LogP contribution in [0, 0.1) is 0 Å². The van der Waals surface area contributed by atoms with Crippen LogP contribution in [0.3, 0.4) is 0 Å². The molecule has 0 bridgehead atoms. The van der Waals surface area contributed by atoms with Crippen molar-refractivity contribution >= 4 is 17.5 Å². The second-order valence-corrected chi connectivity index (χ2v) is 4.23. The maximum absolute atomic E-state index is 11.2. The Labute approximate surface area is 90.8 Å². The van der Waals surface area contributed by atoms with Crippen LogP contribution in [-0.4, -0.2) is 42.9 Å². The molecule has 1 aliphatic carbocycles. The fourth-order valence-corrected chi connectivity index (χ4v) is 1.52. The summed E-state index contributed by atoms with van der Waals surface area (Å²) < 4.78 is 0. The Morgan fingerprint density at radius 2 is 2.29 bits per heavy atom. The summed E-state index contributed by atoms with van der Waals surface area (Å²) in [4.78, 5) is 13.5. The van der Waals surface area contributed by atoms with Crippen molar-refractivity contribution in [1.29, 1.82) is 0 Å². The largest absolute Gasteiger partial charge is 0.355 e. The van der Waals surface area contributed by atoms with Crippen LogP contribution in [0.1, 0.15) is 25.7 Å². The maximum Gasteiger partial charge on any atom is 0.220 e. The molecule has 1 fully saturated rings. The third-order valence-electron chi connectivity index (χ3n) is 2.49. The predicted octanol–water partition coefficient (Wildman–Crippen LogP) is 1.22. The molecule has 1 N–H and O–H groups in total. The minimum absolute atomic E-state index is 0.120. The fourth-order valence-electron chi connectivity index (χ4n) is 1.39. The third-order valence-corrected chi connectivity index (χ3v) is 2.76. The van der Waals surface area contributed by atoms with Gasteiger partial charge in [-0.25, -0.2) is 0 Å². The molecule has 0 heterocycles. The highest BCUT2D eigenvalue weighted by Gasteiger charge is 2.25. The molecule has 0 aromatic rings. The second kappa shape index (κ2) is 6.25. The van der Waals surface area contributed by atoms with Crippen LogP contribution in [-0.2, 0) is 4.79 Å². The number of hydrogen-bond donors (Lipinski definition) is 1. The second-order valence-electron chi connectivity index (χ2n) is 3.85. The molecule has 82 valence electrons. The smallest absolute Gasteiger partial charge is 0.220 e. The first-order valence-corrected chi connectivity index (χ1v) is 5.80. The zero-order valence-corrected chi connectivity index (χ0v) is 9.52. The lowest BCUT2D eigenvalue weighted by Crippen LogP contribution is -2.33. The lowest BCUT2D eigenvalue weighted by atomic mass is 10.3. The van der Waals surface area contributed by atoms with Gasteiger partial charge < -0.3 is 10.2 Å². The summed E-state index contributed by atoms with van der Waals surface area (Å²) in [7, 11) is 2.11. The predicted molar refractivity (Wildman–Crippen MR) is 58.6 cm³/mol. The number of nitrogens with zero attached hydrogens (tertiary/aromatic N) is 1. The molecular weight excluding hydrogens is 200 g/mol.